The summed E-state index contributed by atoms with van der Waals surface area (Å²) < 4.78 is 5.32. The zero-order chi connectivity index (χ0) is 15.2. The number of nitrogens with zero attached hydrogens (tertiary/aromatic N) is 2. The van der Waals surface area contributed by atoms with Gasteiger partial charge in [0.1, 0.15) is 11.1 Å². The third kappa shape index (κ3) is 3.87. The summed E-state index contributed by atoms with van der Waals surface area (Å²) >= 11 is 3.59. The molecule has 1 aliphatic heterocycles. The molecule has 0 aromatic carbocycles. The Morgan fingerprint density at radius 3 is 3.09 bits per heavy atom. The number of furan rings is 1. The van der Waals surface area contributed by atoms with E-state index in [-0.39, 0.29) is 11.3 Å². The number of hydrogen-bond donors (Lipinski definition) is 0. The molecule has 0 radical (unpaired) electrons. The lowest BCUT2D eigenvalue weighted by Gasteiger charge is -2.34. The smallest absolute Gasteiger partial charge is 0.224 e. The van der Waals surface area contributed by atoms with Crippen LogP contribution in [0.3, 0.4) is 0 Å². The highest BCUT2D eigenvalue weighted by molar-refractivity contribution is 7.99. The molecular weight excluding hydrogens is 316 g/mol. The molecule has 1 saturated heterocycles. The number of pyridine rings is 1. The predicted octanol–water partition coefficient (Wildman–Crippen LogP) is 3.57. The molecule has 1 amide bonds. The average Bonchev–Trinajstić information content (AvgIpc) is 3.07. The summed E-state index contributed by atoms with van der Waals surface area (Å²) in [6.45, 7) is 0.748. The first kappa shape index (κ1) is 15.5. The lowest BCUT2D eigenvalue weighted by atomic mass is 10.3. The number of carbonyl (C=O) groups is 1. The molecule has 1 fully saturated rings. The highest BCUT2D eigenvalue weighted by atomic mass is 32.2. The highest BCUT2D eigenvalue weighted by Crippen LogP contribution is 2.36. The summed E-state index contributed by atoms with van der Waals surface area (Å²) in [4.78, 5) is 18.6. The van der Waals surface area contributed by atoms with E-state index in [0.717, 1.165) is 35.3 Å². The van der Waals surface area contributed by atoms with E-state index in [9.17, 15) is 4.79 Å². The first-order valence-electron chi connectivity index (χ1n) is 7.27. The Kier molecular flexibility index (Phi) is 5.45. The van der Waals surface area contributed by atoms with Crippen molar-refractivity contribution in [1.29, 1.82) is 0 Å². The molecule has 3 rings (SSSR count). The van der Waals surface area contributed by atoms with Gasteiger partial charge in [0.05, 0.1) is 17.7 Å². The topological polar surface area (TPSA) is 46.3 Å². The van der Waals surface area contributed by atoms with Gasteiger partial charge in [0.2, 0.25) is 5.91 Å². The lowest BCUT2D eigenvalue weighted by Crippen LogP contribution is -2.39. The lowest BCUT2D eigenvalue weighted by molar-refractivity contribution is -0.131. The Morgan fingerprint density at radius 1 is 1.36 bits per heavy atom. The van der Waals surface area contributed by atoms with E-state index in [1.54, 1.807) is 36.0 Å². The maximum Gasteiger partial charge on any atom is 0.224 e. The minimum absolute atomic E-state index is 0.0478. The fraction of sp³-hybridized carbons (Fsp3) is 0.375. The number of hydrogen-bond acceptors (Lipinski definition) is 5. The molecule has 2 aromatic rings. The quantitative estimate of drug-likeness (QED) is 0.756. The molecule has 116 valence electrons. The van der Waals surface area contributed by atoms with E-state index in [2.05, 4.69) is 4.98 Å². The van der Waals surface area contributed by atoms with Crippen LogP contribution in [-0.4, -0.2) is 33.8 Å². The third-order valence-electron chi connectivity index (χ3n) is 3.44. The normalized spacial score (nSPS) is 18.6. The third-order valence-corrected chi connectivity index (χ3v) is 5.65. The van der Waals surface area contributed by atoms with Crippen LogP contribution < -0.4 is 0 Å². The zero-order valence-electron chi connectivity index (χ0n) is 12.2. The van der Waals surface area contributed by atoms with Gasteiger partial charge in [-0.15, -0.1) is 11.8 Å². The second kappa shape index (κ2) is 7.74. The molecule has 1 atom stereocenters. The number of rotatable bonds is 6. The van der Waals surface area contributed by atoms with Crippen LogP contribution in [0.4, 0.5) is 0 Å². The van der Waals surface area contributed by atoms with Gasteiger partial charge in [0, 0.05) is 30.7 Å². The summed E-state index contributed by atoms with van der Waals surface area (Å²) in [6, 6.07) is 9.76. The van der Waals surface area contributed by atoms with Crippen molar-refractivity contribution in [2.45, 2.75) is 17.5 Å². The summed E-state index contributed by atoms with van der Waals surface area (Å²) in [7, 11) is 0. The predicted molar refractivity (Wildman–Crippen MR) is 90.6 cm³/mol. The minimum Gasteiger partial charge on any atom is -0.468 e. The largest absolute Gasteiger partial charge is 0.468 e. The van der Waals surface area contributed by atoms with Crippen molar-refractivity contribution in [3.63, 3.8) is 0 Å². The van der Waals surface area contributed by atoms with Gasteiger partial charge in [0.25, 0.3) is 0 Å². The first-order chi connectivity index (χ1) is 10.8. The van der Waals surface area contributed by atoms with Gasteiger partial charge in [0.15, 0.2) is 0 Å². The maximum atomic E-state index is 12.3. The van der Waals surface area contributed by atoms with E-state index >= 15 is 0 Å². The number of aromatic nitrogens is 1. The van der Waals surface area contributed by atoms with Crippen molar-refractivity contribution in [3.05, 3.63) is 54.2 Å². The van der Waals surface area contributed by atoms with Crippen LogP contribution in [0.15, 0.2) is 47.2 Å². The molecule has 0 bridgehead atoms. The first-order valence-corrected chi connectivity index (χ1v) is 9.47. The van der Waals surface area contributed by atoms with Crippen LogP contribution in [0, 0.1) is 0 Å². The van der Waals surface area contributed by atoms with Crippen molar-refractivity contribution in [2.75, 3.05) is 18.1 Å². The summed E-state index contributed by atoms with van der Waals surface area (Å²) in [5, 5.41) is 0.0478. The fourth-order valence-corrected chi connectivity index (χ4v) is 4.43. The van der Waals surface area contributed by atoms with E-state index in [1.165, 1.54) is 0 Å². The van der Waals surface area contributed by atoms with Crippen molar-refractivity contribution < 1.29 is 9.21 Å². The van der Waals surface area contributed by atoms with Crippen LogP contribution >= 0.6 is 23.5 Å². The van der Waals surface area contributed by atoms with Gasteiger partial charge in [-0.25, -0.2) is 0 Å². The van der Waals surface area contributed by atoms with Gasteiger partial charge in [-0.2, -0.15) is 11.8 Å². The SMILES string of the molecule is O=C1CCSC(c2ccccn2)N1CCSCc1ccco1. The molecule has 1 aliphatic rings. The Hall–Kier alpha value is -1.40. The van der Waals surface area contributed by atoms with Crippen molar-refractivity contribution >= 4 is 29.4 Å². The molecule has 0 saturated carbocycles. The van der Waals surface area contributed by atoms with Crippen LogP contribution in [-0.2, 0) is 10.5 Å². The highest BCUT2D eigenvalue weighted by Gasteiger charge is 2.30. The fourth-order valence-electron chi connectivity index (χ4n) is 2.36. The molecule has 1 unspecified atom stereocenters. The van der Waals surface area contributed by atoms with Crippen LogP contribution in [0.1, 0.15) is 23.2 Å². The number of carbonyl (C=O) groups excluding carboxylic acids is 1. The van der Waals surface area contributed by atoms with Gasteiger partial charge >= 0.3 is 0 Å². The monoisotopic (exact) mass is 334 g/mol. The Balaban J connectivity index is 1.57. The summed E-state index contributed by atoms with van der Waals surface area (Å²) in [5.41, 5.74) is 0.969. The van der Waals surface area contributed by atoms with Gasteiger partial charge in [-0.1, -0.05) is 6.07 Å². The standard InChI is InChI=1S/C16H18N2O2S2/c19-15-6-10-22-16(14-5-1-2-7-17-14)18(15)8-11-21-12-13-4-3-9-20-13/h1-5,7,9,16H,6,8,10-12H2. The van der Waals surface area contributed by atoms with E-state index in [0.29, 0.717) is 6.42 Å². The molecule has 2 aromatic heterocycles. The second-order valence-electron chi connectivity index (χ2n) is 4.95. The van der Waals surface area contributed by atoms with Crippen LogP contribution in [0.2, 0.25) is 0 Å². The molecule has 0 spiro atoms. The van der Waals surface area contributed by atoms with Gasteiger partial charge < -0.3 is 9.32 Å². The number of amides is 1. The molecule has 0 aliphatic carbocycles. The van der Waals surface area contributed by atoms with E-state index in [1.807, 2.05) is 35.2 Å². The number of thioether (sulfide) groups is 2. The van der Waals surface area contributed by atoms with E-state index < -0.39 is 0 Å². The summed E-state index contributed by atoms with van der Waals surface area (Å²) in [5.74, 6) is 3.82. The van der Waals surface area contributed by atoms with Crippen molar-refractivity contribution in [1.82, 2.24) is 9.88 Å². The second-order valence-corrected chi connectivity index (χ2v) is 7.24. The zero-order valence-corrected chi connectivity index (χ0v) is 13.8. The molecule has 4 nitrogen and oxygen atoms in total. The molecule has 6 heteroatoms. The Bertz CT molecular complexity index is 589. The average molecular weight is 334 g/mol. The summed E-state index contributed by atoms with van der Waals surface area (Å²) in [6.07, 6.45) is 4.10. The molecule has 3 heterocycles. The molecule has 0 N–H and O–H groups in total. The van der Waals surface area contributed by atoms with Crippen LogP contribution in [0.5, 0.6) is 0 Å². The molecular formula is C16H18N2O2S2. The van der Waals surface area contributed by atoms with Gasteiger partial charge in [-0.05, 0) is 24.3 Å². The minimum atomic E-state index is 0.0478. The molecule has 22 heavy (non-hydrogen) atoms. The Labute approximate surface area is 138 Å². The van der Waals surface area contributed by atoms with E-state index in [4.69, 9.17) is 4.42 Å². The van der Waals surface area contributed by atoms with Gasteiger partial charge in [-0.3, -0.25) is 9.78 Å². The maximum absolute atomic E-state index is 12.3. The van der Waals surface area contributed by atoms with Crippen LogP contribution in [0.25, 0.3) is 0 Å². The van der Waals surface area contributed by atoms with Crippen molar-refractivity contribution in [3.8, 4) is 0 Å². The Morgan fingerprint density at radius 2 is 2.32 bits per heavy atom. The van der Waals surface area contributed by atoms with Crippen molar-refractivity contribution in [2.24, 2.45) is 0 Å².